The van der Waals surface area contributed by atoms with Crippen LogP contribution in [-0.4, -0.2) is 29.3 Å². The Labute approximate surface area is 159 Å². The highest BCUT2D eigenvalue weighted by molar-refractivity contribution is 8.19. The van der Waals surface area contributed by atoms with Crippen LogP contribution in [0, 0.1) is 10.1 Å². The molecule has 0 aliphatic carbocycles. The molecule has 1 saturated heterocycles. The SMILES string of the molecule is COc1cc(C2SCCS2)ccc1Oc1ccc(C(C)=O)cc1[N+](=O)[O-]. The third kappa shape index (κ3) is 3.96. The molecular weight excluding hydrogens is 374 g/mol. The van der Waals surface area contributed by atoms with E-state index in [1.165, 1.54) is 32.2 Å². The molecule has 0 aromatic heterocycles. The second kappa shape index (κ2) is 8.01. The van der Waals surface area contributed by atoms with Crippen molar-refractivity contribution in [1.82, 2.24) is 0 Å². The normalized spacial score (nSPS) is 14.2. The molecule has 1 fully saturated rings. The second-order valence-corrected chi connectivity index (χ2v) is 8.31. The molecule has 0 spiro atoms. The minimum atomic E-state index is -0.561. The van der Waals surface area contributed by atoms with Gasteiger partial charge in [-0.25, -0.2) is 0 Å². The van der Waals surface area contributed by atoms with Crippen LogP contribution in [-0.2, 0) is 0 Å². The number of methoxy groups -OCH3 is 1. The standard InChI is InChI=1S/C18H17NO5S2/c1-11(20)12-3-5-15(14(9-12)19(21)22)24-16-6-4-13(10-17(16)23-2)18-25-7-8-26-18/h3-6,9-10,18H,7-8H2,1-2H3. The highest BCUT2D eigenvalue weighted by Crippen LogP contribution is 2.47. The van der Waals surface area contributed by atoms with Crippen LogP contribution in [0.4, 0.5) is 5.69 Å². The van der Waals surface area contributed by atoms with Crippen LogP contribution < -0.4 is 9.47 Å². The third-order valence-corrected chi connectivity index (χ3v) is 6.97. The van der Waals surface area contributed by atoms with Gasteiger partial charge in [0.05, 0.1) is 16.6 Å². The van der Waals surface area contributed by atoms with Crippen molar-refractivity contribution in [3.8, 4) is 17.2 Å². The monoisotopic (exact) mass is 391 g/mol. The molecule has 1 heterocycles. The predicted molar refractivity (Wildman–Crippen MR) is 104 cm³/mol. The zero-order valence-electron chi connectivity index (χ0n) is 14.3. The summed E-state index contributed by atoms with van der Waals surface area (Å²) in [6.45, 7) is 1.36. The Morgan fingerprint density at radius 3 is 2.42 bits per heavy atom. The Morgan fingerprint density at radius 2 is 1.81 bits per heavy atom. The van der Waals surface area contributed by atoms with E-state index in [9.17, 15) is 14.9 Å². The number of ether oxygens (including phenoxy) is 2. The van der Waals surface area contributed by atoms with Crippen LogP contribution in [0.15, 0.2) is 36.4 Å². The first kappa shape index (κ1) is 18.6. The van der Waals surface area contributed by atoms with Crippen molar-refractivity contribution < 1.29 is 19.2 Å². The van der Waals surface area contributed by atoms with Gasteiger partial charge in [-0.3, -0.25) is 14.9 Å². The molecule has 136 valence electrons. The summed E-state index contributed by atoms with van der Waals surface area (Å²) in [5.41, 5.74) is 1.13. The molecule has 0 atom stereocenters. The Kier molecular flexibility index (Phi) is 5.73. The van der Waals surface area contributed by atoms with Gasteiger partial charge < -0.3 is 9.47 Å². The maximum atomic E-state index is 11.5. The fourth-order valence-electron chi connectivity index (χ4n) is 2.55. The third-order valence-electron chi connectivity index (χ3n) is 3.86. The molecule has 0 N–H and O–H groups in total. The highest BCUT2D eigenvalue weighted by Gasteiger charge is 2.22. The lowest BCUT2D eigenvalue weighted by Crippen LogP contribution is -1.99. The summed E-state index contributed by atoms with van der Waals surface area (Å²) < 4.78 is 11.5. The van der Waals surface area contributed by atoms with E-state index in [1.54, 1.807) is 6.07 Å². The van der Waals surface area contributed by atoms with E-state index >= 15 is 0 Å². The lowest BCUT2D eigenvalue weighted by molar-refractivity contribution is -0.385. The lowest BCUT2D eigenvalue weighted by Gasteiger charge is -2.14. The predicted octanol–water partition coefficient (Wildman–Crippen LogP) is 5.08. The van der Waals surface area contributed by atoms with Gasteiger partial charge in [0.2, 0.25) is 5.75 Å². The molecule has 0 amide bonds. The lowest BCUT2D eigenvalue weighted by atomic mass is 10.1. The van der Waals surface area contributed by atoms with Crippen LogP contribution in [0.1, 0.15) is 27.4 Å². The summed E-state index contributed by atoms with van der Waals surface area (Å²) >= 11 is 3.76. The first-order chi connectivity index (χ1) is 12.5. The minimum absolute atomic E-state index is 0.0654. The maximum absolute atomic E-state index is 11.5. The molecule has 2 aromatic carbocycles. The van der Waals surface area contributed by atoms with Gasteiger partial charge >= 0.3 is 5.69 Å². The molecule has 1 aliphatic rings. The van der Waals surface area contributed by atoms with Gasteiger partial charge in [-0.05, 0) is 36.8 Å². The van der Waals surface area contributed by atoms with Crippen molar-refractivity contribution >= 4 is 35.0 Å². The summed E-state index contributed by atoms with van der Waals surface area (Å²) in [6, 6.07) is 9.79. The Balaban J connectivity index is 1.93. The number of ketones is 1. The van der Waals surface area contributed by atoms with Gasteiger partial charge in [0.1, 0.15) is 0 Å². The molecule has 0 unspecified atom stereocenters. The molecular formula is C18H17NO5S2. The van der Waals surface area contributed by atoms with E-state index in [0.717, 1.165) is 17.1 Å². The first-order valence-electron chi connectivity index (χ1n) is 7.88. The van der Waals surface area contributed by atoms with Crippen molar-refractivity contribution in [2.45, 2.75) is 11.5 Å². The number of carbonyl (C=O) groups is 1. The fourth-order valence-corrected chi connectivity index (χ4v) is 5.39. The molecule has 8 heteroatoms. The summed E-state index contributed by atoms with van der Waals surface area (Å²) in [5.74, 6) is 2.96. The van der Waals surface area contributed by atoms with Gasteiger partial charge in [0.15, 0.2) is 17.3 Å². The average Bonchev–Trinajstić information content (AvgIpc) is 3.16. The number of benzene rings is 2. The summed E-state index contributed by atoms with van der Waals surface area (Å²) in [7, 11) is 1.54. The van der Waals surface area contributed by atoms with Gasteiger partial charge in [-0.2, -0.15) is 0 Å². The van der Waals surface area contributed by atoms with Crippen molar-refractivity contribution in [3.63, 3.8) is 0 Å². The molecule has 0 radical (unpaired) electrons. The fraction of sp³-hybridized carbons (Fsp3) is 0.278. The number of hydrogen-bond acceptors (Lipinski definition) is 7. The van der Waals surface area contributed by atoms with Gasteiger partial charge in [-0.1, -0.05) is 6.07 Å². The maximum Gasteiger partial charge on any atom is 0.312 e. The molecule has 3 rings (SSSR count). The number of Topliss-reactive ketones (excluding diaryl/α,β-unsaturated/α-hetero) is 1. The minimum Gasteiger partial charge on any atom is -0.493 e. The van der Waals surface area contributed by atoms with Crippen LogP contribution in [0.25, 0.3) is 0 Å². The summed E-state index contributed by atoms with van der Waals surface area (Å²) in [6.07, 6.45) is 0. The van der Waals surface area contributed by atoms with E-state index in [4.69, 9.17) is 9.47 Å². The Morgan fingerprint density at radius 1 is 1.12 bits per heavy atom. The van der Waals surface area contributed by atoms with Crippen molar-refractivity contribution in [2.75, 3.05) is 18.6 Å². The molecule has 26 heavy (non-hydrogen) atoms. The Bertz CT molecular complexity index is 849. The van der Waals surface area contributed by atoms with E-state index in [2.05, 4.69) is 0 Å². The van der Waals surface area contributed by atoms with Crippen LogP contribution in [0.5, 0.6) is 17.2 Å². The number of rotatable bonds is 6. The largest absolute Gasteiger partial charge is 0.493 e. The van der Waals surface area contributed by atoms with Crippen molar-refractivity contribution in [2.24, 2.45) is 0 Å². The van der Waals surface area contributed by atoms with E-state index in [0.29, 0.717) is 16.1 Å². The molecule has 0 saturated carbocycles. The number of thioether (sulfide) groups is 2. The molecule has 0 bridgehead atoms. The zero-order chi connectivity index (χ0) is 18.7. The van der Waals surface area contributed by atoms with Crippen LogP contribution in [0.3, 0.4) is 0 Å². The smallest absolute Gasteiger partial charge is 0.312 e. The van der Waals surface area contributed by atoms with Crippen molar-refractivity contribution in [1.29, 1.82) is 0 Å². The quantitative estimate of drug-likeness (QED) is 0.386. The van der Waals surface area contributed by atoms with Gasteiger partial charge in [0, 0.05) is 23.1 Å². The van der Waals surface area contributed by atoms with E-state index in [1.807, 2.05) is 35.7 Å². The number of nitrogens with zero attached hydrogens (tertiary/aromatic N) is 1. The Hall–Kier alpha value is -2.19. The molecule has 2 aromatic rings. The number of nitro groups is 1. The second-order valence-electron chi connectivity index (χ2n) is 5.58. The van der Waals surface area contributed by atoms with Crippen molar-refractivity contribution in [3.05, 3.63) is 57.6 Å². The summed E-state index contributed by atoms with van der Waals surface area (Å²) in [5, 5.41) is 11.3. The van der Waals surface area contributed by atoms with Gasteiger partial charge in [-0.15, -0.1) is 23.5 Å². The number of carbonyl (C=O) groups excluding carboxylic acids is 1. The highest BCUT2D eigenvalue weighted by atomic mass is 32.2. The summed E-state index contributed by atoms with van der Waals surface area (Å²) in [4.78, 5) is 22.3. The zero-order valence-corrected chi connectivity index (χ0v) is 15.9. The van der Waals surface area contributed by atoms with E-state index in [-0.39, 0.29) is 22.8 Å². The molecule has 6 nitrogen and oxygen atoms in total. The first-order valence-corrected chi connectivity index (χ1v) is 9.97. The number of hydrogen-bond donors (Lipinski definition) is 0. The topological polar surface area (TPSA) is 78.7 Å². The van der Waals surface area contributed by atoms with Crippen LogP contribution >= 0.6 is 23.5 Å². The van der Waals surface area contributed by atoms with Crippen LogP contribution in [0.2, 0.25) is 0 Å². The van der Waals surface area contributed by atoms with Gasteiger partial charge in [0.25, 0.3) is 0 Å². The average molecular weight is 391 g/mol. The number of nitro benzene ring substituents is 1. The van der Waals surface area contributed by atoms with E-state index < -0.39 is 4.92 Å². The molecule has 1 aliphatic heterocycles.